The molecule has 4 rings (SSSR count). The average Bonchev–Trinajstić information content (AvgIpc) is 3.30. The van der Waals surface area contributed by atoms with E-state index in [1.165, 1.54) is 13.8 Å². The molecule has 2 amide bonds. The van der Waals surface area contributed by atoms with Crippen LogP contribution in [0.25, 0.3) is 20.9 Å². The molecule has 21 nitrogen and oxygen atoms in total. The van der Waals surface area contributed by atoms with Gasteiger partial charge in [-0.3, -0.25) is 19.2 Å². The summed E-state index contributed by atoms with van der Waals surface area (Å²) in [4.78, 5) is 53.0. The van der Waals surface area contributed by atoms with Crippen LogP contribution in [0.15, 0.2) is 58.8 Å². The van der Waals surface area contributed by atoms with E-state index in [-0.39, 0.29) is 36.9 Å². The van der Waals surface area contributed by atoms with Crippen molar-refractivity contribution in [2.24, 2.45) is 16.1 Å². The molecule has 2 aromatic rings. The Morgan fingerprint density at radius 1 is 0.591 bits per heavy atom. The number of nitrogens with zero attached hydrogens (tertiary/aromatic N) is 6. The monoisotopic (exact) mass is 926 g/mol. The standard InChI is InChI=1S/C25H36N4O7.C20H30N4O6/c1-16-17(2)34-25(23(36-19(4)31)22(16)35-18(3)30)33-14-8-6-5-7-13-27-24(32)21-11-9-20(10-12-21)15-28-29-26;1-13-16(25)17(26)18(27)20(30-13)29-11-5-3-2-4-10-22-19(28)15-8-6-14(7-9-15)12-23-24-21/h9-12,16-17,22-23,25H,5-8,13-15H2,1-4H3,(H,27,32);6-9,13,16-18,20,25-27H,2-5,10-12H2,1H3,(H,22,28)/t16-,17?,22?,23+,25+;13?,16-,17?,18+,20+/m11/s1. The van der Waals surface area contributed by atoms with Gasteiger partial charge in [0.1, 0.15) is 24.4 Å². The van der Waals surface area contributed by atoms with E-state index in [1.807, 2.05) is 13.8 Å². The number of benzene rings is 2. The molecular weight excluding hydrogens is 861 g/mol. The third-order valence-corrected chi connectivity index (χ3v) is 11.0. The number of amides is 2. The van der Waals surface area contributed by atoms with E-state index in [0.29, 0.717) is 37.4 Å². The first kappa shape index (κ1) is 55.0. The van der Waals surface area contributed by atoms with E-state index in [0.717, 1.165) is 62.5 Å². The van der Waals surface area contributed by atoms with Crippen molar-refractivity contribution in [2.45, 2.75) is 154 Å². The second-order valence-electron chi connectivity index (χ2n) is 16.2. The molecule has 2 aliphatic rings. The molecule has 4 unspecified atom stereocenters. The van der Waals surface area contributed by atoms with Gasteiger partial charge in [0.05, 0.1) is 25.3 Å². The molecule has 364 valence electrons. The van der Waals surface area contributed by atoms with Gasteiger partial charge in [0.2, 0.25) is 0 Å². The summed E-state index contributed by atoms with van der Waals surface area (Å²) in [6.45, 7) is 10.4. The number of esters is 2. The molecule has 10 atom stereocenters. The maximum atomic E-state index is 12.2. The van der Waals surface area contributed by atoms with Crippen LogP contribution in [0.3, 0.4) is 0 Å². The number of aliphatic hydroxyl groups is 3. The van der Waals surface area contributed by atoms with Crippen LogP contribution in [0, 0.1) is 5.92 Å². The van der Waals surface area contributed by atoms with Crippen LogP contribution in [0.2, 0.25) is 0 Å². The largest absolute Gasteiger partial charge is 0.458 e. The summed E-state index contributed by atoms with van der Waals surface area (Å²) in [7, 11) is 0. The first-order valence-electron chi connectivity index (χ1n) is 22.4. The van der Waals surface area contributed by atoms with Gasteiger partial charge in [0.25, 0.3) is 11.8 Å². The molecule has 0 radical (unpaired) electrons. The zero-order chi connectivity index (χ0) is 48.4. The van der Waals surface area contributed by atoms with Crippen molar-refractivity contribution >= 4 is 23.8 Å². The lowest BCUT2D eigenvalue weighted by Gasteiger charge is -2.43. The molecule has 2 saturated heterocycles. The second-order valence-corrected chi connectivity index (χ2v) is 16.2. The number of hydrogen-bond acceptors (Lipinski definition) is 15. The summed E-state index contributed by atoms with van der Waals surface area (Å²) in [6, 6.07) is 13.9. The van der Waals surface area contributed by atoms with Crippen LogP contribution in [-0.2, 0) is 51.1 Å². The highest BCUT2D eigenvalue weighted by atomic mass is 16.7. The average molecular weight is 927 g/mol. The summed E-state index contributed by atoms with van der Waals surface area (Å²) in [5.41, 5.74) is 19.5. The van der Waals surface area contributed by atoms with Crippen LogP contribution in [0.4, 0.5) is 0 Å². The Morgan fingerprint density at radius 2 is 1.02 bits per heavy atom. The van der Waals surface area contributed by atoms with Crippen LogP contribution < -0.4 is 10.6 Å². The zero-order valence-electron chi connectivity index (χ0n) is 38.4. The number of azide groups is 2. The summed E-state index contributed by atoms with van der Waals surface area (Å²) >= 11 is 0. The maximum Gasteiger partial charge on any atom is 0.303 e. The fourth-order valence-corrected chi connectivity index (χ4v) is 7.02. The van der Waals surface area contributed by atoms with Crippen molar-refractivity contribution in [3.63, 3.8) is 0 Å². The maximum absolute atomic E-state index is 12.2. The fourth-order valence-electron chi connectivity index (χ4n) is 7.02. The number of aliphatic hydroxyl groups excluding tert-OH is 3. The van der Waals surface area contributed by atoms with Gasteiger partial charge in [0, 0.05) is 67.0 Å². The van der Waals surface area contributed by atoms with Gasteiger partial charge in [-0.05, 0) is 86.0 Å². The molecule has 2 heterocycles. The molecule has 0 saturated carbocycles. The number of unbranched alkanes of at least 4 members (excludes halogenated alkanes) is 6. The minimum atomic E-state index is -1.29. The fraction of sp³-hybridized carbons (Fsp3) is 0.644. The Hall–Kier alpha value is -5.34. The number of nitrogens with one attached hydrogen (secondary N) is 2. The van der Waals surface area contributed by atoms with Crippen molar-refractivity contribution in [3.05, 3.63) is 91.7 Å². The molecule has 0 spiro atoms. The van der Waals surface area contributed by atoms with Gasteiger partial charge in [-0.2, -0.15) is 0 Å². The van der Waals surface area contributed by atoms with E-state index in [9.17, 15) is 34.5 Å². The van der Waals surface area contributed by atoms with Gasteiger partial charge in [-0.15, -0.1) is 0 Å². The number of rotatable bonds is 24. The van der Waals surface area contributed by atoms with E-state index in [4.69, 9.17) is 39.5 Å². The summed E-state index contributed by atoms with van der Waals surface area (Å²) in [5, 5.41) is 42.0. The number of carbonyl (C=O) groups is 4. The van der Waals surface area contributed by atoms with E-state index < -0.39 is 61.1 Å². The van der Waals surface area contributed by atoms with Gasteiger partial charge < -0.3 is 54.4 Å². The Labute approximate surface area is 385 Å². The Kier molecular flexibility index (Phi) is 25.0. The van der Waals surface area contributed by atoms with Gasteiger partial charge in [-0.25, -0.2) is 0 Å². The van der Waals surface area contributed by atoms with Gasteiger partial charge in [0.15, 0.2) is 18.7 Å². The van der Waals surface area contributed by atoms with Gasteiger partial charge >= 0.3 is 11.9 Å². The van der Waals surface area contributed by atoms with Gasteiger partial charge in [-0.1, -0.05) is 67.1 Å². The normalized spacial score (nSPS) is 24.5. The highest BCUT2D eigenvalue weighted by Gasteiger charge is 2.47. The smallest absolute Gasteiger partial charge is 0.303 e. The van der Waals surface area contributed by atoms with E-state index in [1.54, 1.807) is 55.5 Å². The van der Waals surface area contributed by atoms with Crippen molar-refractivity contribution in [1.82, 2.24) is 10.6 Å². The minimum absolute atomic E-state index is 0.146. The third-order valence-electron chi connectivity index (χ3n) is 11.0. The zero-order valence-corrected chi connectivity index (χ0v) is 38.4. The molecule has 0 aromatic heterocycles. The van der Waals surface area contributed by atoms with Crippen LogP contribution in [0.1, 0.15) is 118 Å². The van der Waals surface area contributed by atoms with E-state index >= 15 is 0 Å². The SMILES string of the molecule is CC(=O)OC1[C@H](C)C(C)O[C@H](OCCCCCCNC(=O)c2ccc(CN=[N+]=[N-])cc2)[C@H]1OC(C)=O.CC1O[C@H](OCCCCCCNC(=O)c2ccc(CN=[N+]=[N-])cc2)[C@@H](O)C(O)[C@@H]1O. The number of hydrogen-bond donors (Lipinski definition) is 5. The van der Waals surface area contributed by atoms with Crippen molar-refractivity contribution in [2.75, 3.05) is 26.3 Å². The molecule has 21 heteroatoms. The molecule has 2 fully saturated rings. The molecule has 0 bridgehead atoms. The highest BCUT2D eigenvalue weighted by molar-refractivity contribution is 5.94. The van der Waals surface area contributed by atoms with Crippen LogP contribution >= 0.6 is 0 Å². The van der Waals surface area contributed by atoms with Crippen molar-refractivity contribution in [1.29, 1.82) is 0 Å². The predicted octanol–water partition coefficient (Wildman–Crippen LogP) is 5.68. The lowest BCUT2D eigenvalue weighted by atomic mass is 9.91. The third kappa shape index (κ3) is 19.2. The van der Waals surface area contributed by atoms with Crippen LogP contribution in [-0.4, -0.2) is 121 Å². The lowest BCUT2D eigenvalue weighted by Crippen LogP contribution is -2.57. The Bertz CT molecular complexity index is 1900. The first-order valence-corrected chi connectivity index (χ1v) is 22.4. The number of carbonyl (C=O) groups excluding carboxylic acids is 4. The second kappa shape index (κ2) is 30.0. The summed E-state index contributed by atoms with van der Waals surface area (Å²) in [5.74, 6) is -1.41. The van der Waals surface area contributed by atoms with Crippen molar-refractivity contribution in [3.8, 4) is 0 Å². The van der Waals surface area contributed by atoms with Crippen molar-refractivity contribution < 1.29 is 62.9 Å². The quantitative estimate of drug-likeness (QED) is 0.0279. The molecular formula is C45H66N8O13. The minimum Gasteiger partial charge on any atom is -0.458 e. The summed E-state index contributed by atoms with van der Waals surface area (Å²) < 4.78 is 33.5. The highest BCUT2D eigenvalue weighted by Crippen LogP contribution is 2.31. The summed E-state index contributed by atoms with van der Waals surface area (Å²) in [6.07, 6.45) is -1.07. The number of ether oxygens (including phenoxy) is 6. The molecule has 2 aliphatic heterocycles. The molecule has 5 N–H and O–H groups in total. The predicted molar refractivity (Wildman–Crippen MR) is 239 cm³/mol. The van der Waals surface area contributed by atoms with Crippen LogP contribution in [0.5, 0.6) is 0 Å². The molecule has 2 aromatic carbocycles. The topological polar surface area (TPSA) is 306 Å². The Balaban J connectivity index is 0.000000356. The lowest BCUT2D eigenvalue weighted by molar-refractivity contribution is -0.293. The first-order chi connectivity index (χ1) is 31.7. The molecule has 0 aliphatic carbocycles. The Morgan fingerprint density at radius 3 is 1.47 bits per heavy atom. The van der Waals surface area contributed by atoms with E-state index in [2.05, 4.69) is 30.7 Å². The molecule has 66 heavy (non-hydrogen) atoms.